The standard InChI is InChI=1S/C17H25NO6S/c19-14(18-13-1-2-25(22,23)9-13)8-24-15(20)16-4-11-3-12(5-16)7-17(21,6-11)10-16/h11-13,21H,1-10H2,(H,18,19)/t11-,12-,13-,16?,17?/m1/s1. The minimum Gasteiger partial charge on any atom is -0.455 e. The lowest BCUT2D eigenvalue weighted by Crippen LogP contribution is -2.58. The number of aliphatic hydroxyl groups is 1. The smallest absolute Gasteiger partial charge is 0.312 e. The summed E-state index contributed by atoms with van der Waals surface area (Å²) in [5.41, 5.74) is -1.39. The minimum atomic E-state index is -3.06. The van der Waals surface area contributed by atoms with Gasteiger partial charge in [-0.1, -0.05) is 0 Å². The molecule has 1 heterocycles. The zero-order chi connectivity index (χ0) is 17.9. The molecule has 0 aromatic heterocycles. The molecule has 25 heavy (non-hydrogen) atoms. The lowest BCUT2D eigenvalue weighted by atomic mass is 9.48. The molecule has 0 aromatic carbocycles. The van der Waals surface area contributed by atoms with Crippen molar-refractivity contribution in [2.24, 2.45) is 17.3 Å². The van der Waals surface area contributed by atoms with Crippen molar-refractivity contribution in [3.63, 3.8) is 0 Å². The second kappa shape index (κ2) is 5.67. The predicted octanol–water partition coefficient (Wildman–Crippen LogP) is 0.164. The zero-order valence-electron chi connectivity index (χ0n) is 14.2. The van der Waals surface area contributed by atoms with Crippen LogP contribution in [0.2, 0.25) is 0 Å². The van der Waals surface area contributed by atoms with Gasteiger partial charge < -0.3 is 15.2 Å². The third-order valence-corrected chi connectivity index (χ3v) is 8.16. The normalized spacial score (nSPS) is 43.8. The summed E-state index contributed by atoms with van der Waals surface area (Å²) in [5.74, 6) is -0.0596. The van der Waals surface area contributed by atoms with Gasteiger partial charge in [0.25, 0.3) is 5.91 Å². The van der Waals surface area contributed by atoms with E-state index in [9.17, 15) is 23.1 Å². The molecule has 0 aromatic rings. The van der Waals surface area contributed by atoms with Gasteiger partial charge in [-0.05, 0) is 56.8 Å². The van der Waals surface area contributed by atoms with Crippen molar-refractivity contribution in [3.05, 3.63) is 0 Å². The highest BCUT2D eigenvalue weighted by Crippen LogP contribution is 2.61. The van der Waals surface area contributed by atoms with Crippen LogP contribution in [0.5, 0.6) is 0 Å². The predicted molar refractivity (Wildman–Crippen MR) is 88.2 cm³/mol. The van der Waals surface area contributed by atoms with Crippen LogP contribution >= 0.6 is 0 Å². The molecule has 7 nitrogen and oxygen atoms in total. The van der Waals surface area contributed by atoms with Gasteiger partial charge in [0.1, 0.15) is 0 Å². The highest BCUT2D eigenvalue weighted by molar-refractivity contribution is 7.91. The van der Waals surface area contributed by atoms with Crippen molar-refractivity contribution >= 4 is 21.7 Å². The van der Waals surface area contributed by atoms with Crippen molar-refractivity contribution in [1.29, 1.82) is 0 Å². The summed E-state index contributed by atoms with van der Waals surface area (Å²) in [6, 6.07) is -0.392. The summed E-state index contributed by atoms with van der Waals surface area (Å²) in [4.78, 5) is 24.6. The highest BCUT2D eigenvalue weighted by Gasteiger charge is 2.60. The fourth-order valence-corrected chi connectivity index (χ4v) is 7.59. The van der Waals surface area contributed by atoms with Crippen molar-refractivity contribution < 1.29 is 27.9 Å². The van der Waals surface area contributed by atoms with E-state index in [1.54, 1.807) is 0 Å². The van der Waals surface area contributed by atoms with E-state index in [0.717, 1.165) is 32.1 Å². The molecule has 3 atom stereocenters. The van der Waals surface area contributed by atoms with Crippen LogP contribution in [0.15, 0.2) is 0 Å². The van der Waals surface area contributed by atoms with Crippen LogP contribution in [0.4, 0.5) is 0 Å². The molecule has 0 radical (unpaired) electrons. The third kappa shape index (κ3) is 3.30. The fraction of sp³-hybridized carbons (Fsp3) is 0.882. The number of carbonyl (C=O) groups is 2. The van der Waals surface area contributed by atoms with E-state index in [1.165, 1.54) is 0 Å². The molecule has 1 aliphatic heterocycles. The Balaban J connectivity index is 1.33. The summed E-state index contributed by atoms with van der Waals surface area (Å²) in [5, 5.41) is 13.3. The van der Waals surface area contributed by atoms with E-state index in [1.807, 2.05) is 0 Å². The number of ether oxygens (including phenoxy) is 1. The molecule has 5 aliphatic rings. The van der Waals surface area contributed by atoms with E-state index >= 15 is 0 Å². The van der Waals surface area contributed by atoms with Gasteiger partial charge in [-0.2, -0.15) is 0 Å². The second-order valence-corrected chi connectivity index (χ2v) is 10.9. The minimum absolute atomic E-state index is 0.0486. The molecule has 4 aliphatic carbocycles. The third-order valence-electron chi connectivity index (χ3n) is 6.40. The number of sulfone groups is 1. The summed E-state index contributed by atoms with van der Waals surface area (Å²) in [6.07, 6.45) is 4.95. The Hall–Kier alpha value is -1.15. The first-order chi connectivity index (χ1) is 11.7. The molecule has 5 fully saturated rings. The van der Waals surface area contributed by atoms with Crippen LogP contribution in [0.1, 0.15) is 44.9 Å². The van der Waals surface area contributed by atoms with E-state index < -0.39 is 32.8 Å². The quantitative estimate of drug-likeness (QED) is 0.682. The fourth-order valence-electron chi connectivity index (χ4n) is 5.92. The Morgan fingerprint density at radius 1 is 1.16 bits per heavy atom. The van der Waals surface area contributed by atoms with E-state index in [0.29, 0.717) is 24.7 Å². The van der Waals surface area contributed by atoms with Gasteiger partial charge in [0.2, 0.25) is 0 Å². The summed E-state index contributed by atoms with van der Waals surface area (Å²) < 4.78 is 28.1. The first kappa shape index (κ1) is 17.3. The van der Waals surface area contributed by atoms with Crippen LogP contribution in [-0.4, -0.2) is 55.2 Å². The Kier molecular flexibility index (Phi) is 3.92. The maximum Gasteiger partial charge on any atom is 0.312 e. The topological polar surface area (TPSA) is 110 Å². The Morgan fingerprint density at radius 2 is 1.84 bits per heavy atom. The Bertz CT molecular complexity index is 688. The van der Waals surface area contributed by atoms with Crippen LogP contribution in [0.25, 0.3) is 0 Å². The second-order valence-electron chi connectivity index (χ2n) is 8.71. The Labute approximate surface area is 147 Å². The first-order valence-electron chi connectivity index (χ1n) is 9.06. The van der Waals surface area contributed by atoms with Gasteiger partial charge in [-0.25, -0.2) is 8.42 Å². The summed E-state index contributed by atoms with van der Waals surface area (Å²) in [6.45, 7) is -0.384. The van der Waals surface area contributed by atoms with Gasteiger partial charge in [-0.15, -0.1) is 0 Å². The lowest BCUT2D eigenvalue weighted by Gasteiger charge is -2.58. The molecule has 2 N–H and O–H groups in total. The maximum absolute atomic E-state index is 12.7. The first-order valence-corrected chi connectivity index (χ1v) is 10.9. The number of amides is 1. The molecule has 8 heteroatoms. The van der Waals surface area contributed by atoms with Crippen molar-refractivity contribution in [3.8, 4) is 0 Å². The molecular formula is C17H25NO6S. The number of carbonyl (C=O) groups excluding carboxylic acids is 2. The van der Waals surface area contributed by atoms with Crippen LogP contribution in [0, 0.1) is 17.3 Å². The van der Waals surface area contributed by atoms with Crippen molar-refractivity contribution in [1.82, 2.24) is 5.32 Å². The van der Waals surface area contributed by atoms with Gasteiger partial charge in [-0.3, -0.25) is 9.59 Å². The Morgan fingerprint density at radius 3 is 2.40 bits per heavy atom. The van der Waals surface area contributed by atoms with Crippen molar-refractivity contribution in [2.75, 3.05) is 18.1 Å². The van der Waals surface area contributed by atoms with Crippen molar-refractivity contribution in [2.45, 2.75) is 56.6 Å². The lowest BCUT2D eigenvalue weighted by molar-refractivity contribution is -0.196. The molecule has 1 saturated heterocycles. The number of esters is 1. The van der Waals surface area contributed by atoms with Crippen LogP contribution in [0.3, 0.4) is 0 Å². The number of hydrogen-bond acceptors (Lipinski definition) is 6. The molecule has 0 spiro atoms. The maximum atomic E-state index is 12.7. The summed E-state index contributed by atoms with van der Waals surface area (Å²) >= 11 is 0. The number of nitrogens with one attached hydrogen (secondary N) is 1. The van der Waals surface area contributed by atoms with Crippen LogP contribution < -0.4 is 5.32 Å². The number of rotatable bonds is 4. The zero-order valence-corrected chi connectivity index (χ0v) is 15.0. The molecule has 5 rings (SSSR count). The molecule has 0 unspecified atom stereocenters. The molecule has 4 bridgehead atoms. The van der Waals surface area contributed by atoms with E-state index in [-0.39, 0.29) is 24.1 Å². The highest BCUT2D eigenvalue weighted by atomic mass is 32.2. The largest absolute Gasteiger partial charge is 0.455 e. The monoisotopic (exact) mass is 371 g/mol. The number of hydrogen-bond donors (Lipinski definition) is 2. The van der Waals surface area contributed by atoms with Gasteiger partial charge >= 0.3 is 5.97 Å². The van der Waals surface area contributed by atoms with Crippen LogP contribution in [-0.2, 0) is 24.2 Å². The van der Waals surface area contributed by atoms with Gasteiger partial charge in [0.05, 0.1) is 22.5 Å². The van der Waals surface area contributed by atoms with E-state index in [2.05, 4.69) is 5.32 Å². The average molecular weight is 371 g/mol. The van der Waals surface area contributed by atoms with Gasteiger partial charge in [0.15, 0.2) is 16.4 Å². The molecule has 4 saturated carbocycles. The van der Waals surface area contributed by atoms with Gasteiger partial charge in [0, 0.05) is 6.04 Å². The molecule has 140 valence electrons. The molecular weight excluding hydrogens is 346 g/mol. The average Bonchev–Trinajstić information content (AvgIpc) is 2.81. The molecule has 1 amide bonds. The summed E-state index contributed by atoms with van der Waals surface area (Å²) in [7, 11) is -3.06. The van der Waals surface area contributed by atoms with E-state index in [4.69, 9.17) is 4.74 Å². The SMILES string of the molecule is O=C(COC(=O)C12C[C@H]3C[C@@H](CC(O)(C3)C1)C2)N[C@@H]1CCS(=O)(=O)C1.